The van der Waals surface area contributed by atoms with Gasteiger partial charge in [-0.05, 0) is 22.8 Å². The first kappa shape index (κ1) is 20.5. The van der Waals surface area contributed by atoms with Crippen LogP contribution in [0.5, 0.6) is 0 Å². The Kier molecular flexibility index (Phi) is 6.43. The lowest BCUT2D eigenvalue weighted by atomic mass is 9.96. The summed E-state index contributed by atoms with van der Waals surface area (Å²) in [6.45, 7) is 2.34. The maximum absolute atomic E-state index is 12.8. The van der Waals surface area contributed by atoms with Crippen LogP contribution in [-0.4, -0.2) is 43.8 Å². The Morgan fingerprint density at radius 2 is 1.13 bits per heavy atom. The molecule has 3 aromatic rings. The summed E-state index contributed by atoms with van der Waals surface area (Å²) in [5, 5.41) is 1.32. The fraction of sp³-hybridized carbons (Fsp3) is 0.200. The molecule has 0 atom stereocenters. The standard InChI is InChI=1S/C25H26N2O2S/c28-30(29,21-16-22-10-4-1-5-11-22)27-19-17-26(18-20-27)25(23-12-6-2-7-13-23)24-14-8-3-9-15-24/h1-16,21,25H,17-20H2/b21-16-. The van der Waals surface area contributed by atoms with Crippen molar-refractivity contribution >= 4 is 16.1 Å². The van der Waals surface area contributed by atoms with Crippen molar-refractivity contribution in [3.8, 4) is 0 Å². The molecule has 0 bridgehead atoms. The van der Waals surface area contributed by atoms with Crippen molar-refractivity contribution < 1.29 is 8.42 Å². The van der Waals surface area contributed by atoms with Crippen LogP contribution in [0.1, 0.15) is 22.7 Å². The molecule has 1 saturated heterocycles. The second-order valence-corrected chi connectivity index (χ2v) is 9.24. The molecule has 1 fully saturated rings. The molecular weight excluding hydrogens is 392 g/mol. The fourth-order valence-corrected chi connectivity index (χ4v) is 5.09. The molecule has 0 aliphatic carbocycles. The number of piperazine rings is 1. The number of hydrogen-bond donors (Lipinski definition) is 0. The van der Waals surface area contributed by atoms with E-state index in [-0.39, 0.29) is 6.04 Å². The third-order valence-electron chi connectivity index (χ3n) is 5.46. The molecule has 1 aliphatic heterocycles. The van der Waals surface area contributed by atoms with E-state index >= 15 is 0 Å². The lowest BCUT2D eigenvalue weighted by molar-refractivity contribution is 0.156. The van der Waals surface area contributed by atoms with E-state index in [0.717, 1.165) is 5.56 Å². The third-order valence-corrected chi connectivity index (χ3v) is 7.03. The summed E-state index contributed by atoms with van der Waals surface area (Å²) in [6, 6.07) is 30.5. The Balaban J connectivity index is 1.49. The van der Waals surface area contributed by atoms with Crippen LogP contribution >= 0.6 is 0 Å². The van der Waals surface area contributed by atoms with Gasteiger partial charge >= 0.3 is 0 Å². The van der Waals surface area contributed by atoms with Crippen LogP contribution in [-0.2, 0) is 10.0 Å². The normalized spacial score (nSPS) is 16.3. The van der Waals surface area contributed by atoms with Crippen molar-refractivity contribution in [2.75, 3.05) is 26.2 Å². The minimum absolute atomic E-state index is 0.122. The molecule has 4 rings (SSSR count). The van der Waals surface area contributed by atoms with E-state index in [2.05, 4.69) is 53.4 Å². The SMILES string of the molecule is O=S(=O)(/C=C\c1ccccc1)N1CCN(C(c2ccccc2)c2ccccc2)CC1. The van der Waals surface area contributed by atoms with Crippen LogP contribution in [0.2, 0.25) is 0 Å². The quantitative estimate of drug-likeness (QED) is 0.596. The predicted octanol–water partition coefficient (Wildman–Crippen LogP) is 4.39. The Morgan fingerprint density at radius 1 is 0.667 bits per heavy atom. The van der Waals surface area contributed by atoms with Crippen LogP contribution < -0.4 is 0 Å². The highest BCUT2D eigenvalue weighted by molar-refractivity contribution is 7.92. The van der Waals surface area contributed by atoms with Gasteiger partial charge in [0.15, 0.2) is 0 Å². The van der Waals surface area contributed by atoms with Gasteiger partial charge in [0.05, 0.1) is 6.04 Å². The topological polar surface area (TPSA) is 40.6 Å². The number of hydrogen-bond acceptors (Lipinski definition) is 3. The molecule has 1 heterocycles. The summed E-state index contributed by atoms with van der Waals surface area (Å²) in [7, 11) is -3.43. The smallest absolute Gasteiger partial charge is 0.236 e. The van der Waals surface area contributed by atoms with E-state index in [1.807, 2.05) is 42.5 Å². The highest BCUT2D eigenvalue weighted by atomic mass is 32.2. The van der Waals surface area contributed by atoms with Gasteiger partial charge in [-0.25, -0.2) is 8.42 Å². The Labute approximate surface area is 179 Å². The first-order valence-corrected chi connectivity index (χ1v) is 11.7. The summed E-state index contributed by atoms with van der Waals surface area (Å²) >= 11 is 0. The second kappa shape index (κ2) is 9.39. The van der Waals surface area contributed by atoms with Gasteiger partial charge in [0.25, 0.3) is 0 Å². The van der Waals surface area contributed by atoms with Crippen LogP contribution in [0, 0.1) is 0 Å². The van der Waals surface area contributed by atoms with Crippen molar-refractivity contribution in [1.82, 2.24) is 9.21 Å². The minimum atomic E-state index is -3.43. The van der Waals surface area contributed by atoms with Crippen LogP contribution in [0.4, 0.5) is 0 Å². The van der Waals surface area contributed by atoms with Gasteiger partial charge in [0.1, 0.15) is 0 Å². The second-order valence-electron chi connectivity index (χ2n) is 7.42. The zero-order valence-electron chi connectivity index (χ0n) is 16.8. The number of rotatable bonds is 6. The highest BCUT2D eigenvalue weighted by Crippen LogP contribution is 2.29. The van der Waals surface area contributed by atoms with E-state index in [0.29, 0.717) is 26.2 Å². The summed E-state index contributed by atoms with van der Waals surface area (Å²) in [5.41, 5.74) is 3.33. The van der Waals surface area contributed by atoms with Crippen LogP contribution in [0.3, 0.4) is 0 Å². The molecule has 0 N–H and O–H groups in total. The molecule has 3 aromatic carbocycles. The Hall–Kier alpha value is -2.73. The van der Waals surface area contributed by atoms with E-state index in [4.69, 9.17) is 0 Å². The molecule has 0 amide bonds. The summed E-state index contributed by atoms with van der Waals surface area (Å²) in [6.07, 6.45) is 1.67. The van der Waals surface area contributed by atoms with Crippen LogP contribution in [0.15, 0.2) is 96.4 Å². The Morgan fingerprint density at radius 3 is 1.63 bits per heavy atom. The van der Waals surface area contributed by atoms with Gasteiger partial charge in [0, 0.05) is 31.6 Å². The lowest BCUT2D eigenvalue weighted by Gasteiger charge is -2.38. The van der Waals surface area contributed by atoms with E-state index < -0.39 is 10.0 Å². The lowest BCUT2D eigenvalue weighted by Crippen LogP contribution is -2.49. The predicted molar refractivity (Wildman–Crippen MR) is 122 cm³/mol. The molecule has 5 heteroatoms. The van der Waals surface area contributed by atoms with Crippen molar-refractivity contribution in [2.24, 2.45) is 0 Å². The van der Waals surface area contributed by atoms with Crippen molar-refractivity contribution in [3.63, 3.8) is 0 Å². The highest BCUT2D eigenvalue weighted by Gasteiger charge is 2.30. The molecule has 0 spiro atoms. The van der Waals surface area contributed by atoms with Crippen molar-refractivity contribution in [3.05, 3.63) is 113 Å². The average Bonchev–Trinajstić information content (AvgIpc) is 2.81. The number of nitrogens with zero attached hydrogens (tertiary/aromatic N) is 2. The van der Waals surface area contributed by atoms with E-state index in [9.17, 15) is 8.42 Å². The minimum Gasteiger partial charge on any atom is -0.290 e. The largest absolute Gasteiger partial charge is 0.290 e. The molecule has 154 valence electrons. The van der Waals surface area contributed by atoms with Gasteiger partial charge in [0.2, 0.25) is 10.0 Å². The van der Waals surface area contributed by atoms with Crippen LogP contribution in [0.25, 0.3) is 6.08 Å². The molecule has 30 heavy (non-hydrogen) atoms. The maximum Gasteiger partial charge on any atom is 0.236 e. The molecule has 0 saturated carbocycles. The summed E-state index contributed by atoms with van der Waals surface area (Å²) < 4.78 is 27.2. The monoisotopic (exact) mass is 418 g/mol. The van der Waals surface area contributed by atoms with Gasteiger partial charge in [-0.3, -0.25) is 4.90 Å². The van der Waals surface area contributed by atoms with Crippen molar-refractivity contribution in [2.45, 2.75) is 6.04 Å². The zero-order chi connectivity index (χ0) is 20.8. The zero-order valence-corrected chi connectivity index (χ0v) is 17.7. The molecular formula is C25H26N2O2S. The third kappa shape index (κ3) is 4.87. The molecule has 0 aromatic heterocycles. The summed E-state index contributed by atoms with van der Waals surface area (Å²) in [5.74, 6) is 0. The van der Waals surface area contributed by atoms with Gasteiger partial charge < -0.3 is 0 Å². The van der Waals surface area contributed by atoms with Gasteiger partial charge in [-0.1, -0.05) is 91.0 Å². The summed E-state index contributed by atoms with van der Waals surface area (Å²) in [4.78, 5) is 2.37. The molecule has 0 unspecified atom stereocenters. The van der Waals surface area contributed by atoms with E-state index in [1.54, 1.807) is 10.4 Å². The molecule has 1 aliphatic rings. The van der Waals surface area contributed by atoms with Gasteiger partial charge in [-0.2, -0.15) is 4.31 Å². The first-order chi connectivity index (χ1) is 14.6. The fourth-order valence-electron chi connectivity index (χ4n) is 3.92. The Bertz CT molecular complexity index is 1020. The average molecular weight is 419 g/mol. The maximum atomic E-state index is 12.8. The van der Waals surface area contributed by atoms with Gasteiger partial charge in [-0.15, -0.1) is 0 Å². The molecule has 4 nitrogen and oxygen atoms in total. The number of sulfonamides is 1. The molecule has 0 radical (unpaired) electrons. The van der Waals surface area contributed by atoms with E-state index in [1.165, 1.54) is 16.5 Å². The number of benzene rings is 3. The first-order valence-electron chi connectivity index (χ1n) is 10.2. The van der Waals surface area contributed by atoms with Crippen molar-refractivity contribution in [1.29, 1.82) is 0 Å².